The van der Waals surface area contributed by atoms with Gasteiger partial charge in [0.05, 0.1) is 25.8 Å². The minimum Gasteiger partial charge on any atom is -0.497 e. The highest BCUT2D eigenvalue weighted by molar-refractivity contribution is 5.28. The first kappa shape index (κ1) is 19.3. The van der Waals surface area contributed by atoms with E-state index in [0.29, 0.717) is 12.1 Å². The molecule has 152 valence electrons. The van der Waals surface area contributed by atoms with Crippen molar-refractivity contribution in [2.75, 3.05) is 20.3 Å². The van der Waals surface area contributed by atoms with E-state index in [9.17, 15) is 0 Å². The van der Waals surface area contributed by atoms with Crippen LogP contribution >= 0.6 is 0 Å². The molecular formula is C21H31N5O2. The van der Waals surface area contributed by atoms with Crippen LogP contribution in [0.15, 0.2) is 24.3 Å². The van der Waals surface area contributed by atoms with Crippen LogP contribution in [0.3, 0.4) is 0 Å². The van der Waals surface area contributed by atoms with Crippen molar-refractivity contribution < 1.29 is 9.47 Å². The van der Waals surface area contributed by atoms with Gasteiger partial charge < -0.3 is 9.47 Å². The first-order chi connectivity index (χ1) is 13.8. The molecule has 7 nitrogen and oxygen atoms in total. The molecule has 0 N–H and O–H groups in total. The number of rotatable bonds is 8. The van der Waals surface area contributed by atoms with Gasteiger partial charge in [-0.2, -0.15) is 0 Å². The highest BCUT2D eigenvalue weighted by Crippen LogP contribution is 2.28. The summed E-state index contributed by atoms with van der Waals surface area (Å²) in [6.45, 7) is 3.33. The Hall–Kier alpha value is -1.99. The first-order valence-corrected chi connectivity index (χ1v) is 10.6. The molecule has 0 unspecified atom stereocenters. The van der Waals surface area contributed by atoms with Crippen LogP contribution in [0, 0.1) is 0 Å². The van der Waals surface area contributed by atoms with E-state index in [0.717, 1.165) is 50.7 Å². The highest BCUT2D eigenvalue weighted by Gasteiger charge is 2.24. The van der Waals surface area contributed by atoms with E-state index in [1.54, 1.807) is 7.11 Å². The zero-order valence-electron chi connectivity index (χ0n) is 16.8. The van der Waals surface area contributed by atoms with E-state index in [1.807, 2.05) is 12.1 Å². The van der Waals surface area contributed by atoms with Gasteiger partial charge in [0.1, 0.15) is 5.75 Å². The molecule has 1 aliphatic heterocycles. The third-order valence-electron chi connectivity index (χ3n) is 5.87. The van der Waals surface area contributed by atoms with Gasteiger partial charge in [0.15, 0.2) is 5.82 Å². The smallest absolute Gasteiger partial charge is 0.165 e. The summed E-state index contributed by atoms with van der Waals surface area (Å²) in [5.41, 5.74) is 1.23. The maximum absolute atomic E-state index is 5.91. The van der Waals surface area contributed by atoms with Gasteiger partial charge in [-0.15, -0.1) is 5.10 Å². The van der Waals surface area contributed by atoms with Crippen molar-refractivity contribution in [2.24, 2.45) is 0 Å². The molecule has 28 heavy (non-hydrogen) atoms. The Labute approximate surface area is 167 Å². The molecule has 2 aliphatic rings. The zero-order chi connectivity index (χ0) is 19.2. The summed E-state index contributed by atoms with van der Waals surface area (Å²) in [4.78, 5) is 2.41. The molecule has 1 aromatic heterocycles. The van der Waals surface area contributed by atoms with Gasteiger partial charge in [0, 0.05) is 19.7 Å². The predicted octanol–water partition coefficient (Wildman–Crippen LogP) is 3.37. The number of hydrogen-bond acceptors (Lipinski definition) is 6. The van der Waals surface area contributed by atoms with Crippen molar-refractivity contribution in [2.45, 2.75) is 70.2 Å². The summed E-state index contributed by atoms with van der Waals surface area (Å²) in [5.74, 6) is 1.86. The number of tetrazole rings is 1. The fourth-order valence-corrected chi connectivity index (χ4v) is 4.42. The molecule has 2 fully saturated rings. The Morgan fingerprint density at radius 3 is 2.82 bits per heavy atom. The van der Waals surface area contributed by atoms with Gasteiger partial charge >= 0.3 is 0 Å². The van der Waals surface area contributed by atoms with Crippen molar-refractivity contribution >= 4 is 0 Å². The van der Waals surface area contributed by atoms with Crippen LogP contribution in [-0.4, -0.2) is 51.5 Å². The minimum atomic E-state index is 0.296. The van der Waals surface area contributed by atoms with Crippen LogP contribution in [0.2, 0.25) is 0 Å². The van der Waals surface area contributed by atoms with Gasteiger partial charge in [-0.1, -0.05) is 31.4 Å². The van der Waals surface area contributed by atoms with Gasteiger partial charge in [0.25, 0.3) is 0 Å². The van der Waals surface area contributed by atoms with Crippen molar-refractivity contribution in [1.82, 2.24) is 25.1 Å². The van der Waals surface area contributed by atoms with E-state index in [-0.39, 0.29) is 0 Å². The molecule has 1 saturated carbocycles. The largest absolute Gasteiger partial charge is 0.497 e. The Balaban J connectivity index is 1.49. The molecule has 1 aliphatic carbocycles. The molecule has 0 bridgehead atoms. The monoisotopic (exact) mass is 385 g/mol. The lowest BCUT2D eigenvalue weighted by atomic mass is 9.95. The van der Waals surface area contributed by atoms with Gasteiger partial charge in [-0.25, -0.2) is 4.68 Å². The fourth-order valence-electron chi connectivity index (χ4n) is 4.42. The molecule has 1 saturated heterocycles. The summed E-state index contributed by atoms with van der Waals surface area (Å²) >= 11 is 0. The van der Waals surface area contributed by atoms with Gasteiger partial charge in [-0.3, -0.25) is 4.90 Å². The van der Waals surface area contributed by atoms with Crippen LogP contribution in [-0.2, 0) is 17.8 Å². The number of nitrogens with zero attached hydrogens (tertiary/aromatic N) is 5. The van der Waals surface area contributed by atoms with Crippen molar-refractivity contribution in [1.29, 1.82) is 0 Å². The van der Waals surface area contributed by atoms with E-state index >= 15 is 0 Å². The second kappa shape index (κ2) is 9.47. The average molecular weight is 386 g/mol. The molecule has 0 spiro atoms. The Morgan fingerprint density at radius 2 is 2.04 bits per heavy atom. The predicted molar refractivity (Wildman–Crippen MR) is 106 cm³/mol. The number of hydrogen-bond donors (Lipinski definition) is 0. The molecule has 0 radical (unpaired) electrons. The van der Waals surface area contributed by atoms with Crippen molar-refractivity contribution in [3.05, 3.63) is 35.7 Å². The van der Waals surface area contributed by atoms with Gasteiger partial charge in [-0.05, 0) is 53.8 Å². The molecule has 4 rings (SSSR count). The van der Waals surface area contributed by atoms with Crippen LogP contribution in [0.5, 0.6) is 5.75 Å². The Kier molecular flexibility index (Phi) is 6.54. The lowest BCUT2D eigenvalue weighted by Gasteiger charge is -2.27. The summed E-state index contributed by atoms with van der Waals surface area (Å²) in [5, 5.41) is 12.7. The minimum absolute atomic E-state index is 0.296. The second-order valence-corrected chi connectivity index (χ2v) is 7.99. The highest BCUT2D eigenvalue weighted by atomic mass is 16.5. The van der Waals surface area contributed by atoms with Crippen LogP contribution in [0.25, 0.3) is 0 Å². The normalized spacial score (nSPS) is 20.7. The van der Waals surface area contributed by atoms with Crippen LogP contribution < -0.4 is 4.74 Å². The Morgan fingerprint density at radius 1 is 1.14 bits per heavy atom. The summed E-state index contributed by atoms with van der Waals surface area (Å²) < 4.78 is 13.4. The van der Waals surface area contributed by atoms with Crippen molar-refractivity contribution in [3.63, 3.8) is 0 Å². The lowest BCUT2D eigenvalue weighted by Crippen LogP contribution is -2.33. The second-order valence-electron chi connectivity index (χ2n) is 7.99. The lowest BCUT2D eigenvalue weighted by molar-refractivity contribution is 0.0660. The van der Waals surface area contributed by atoms with Gasteiger partial charge in [0.2, 0.25) is 0 Å². The Bertz CT molecular complexity index is 738. The SMILES string of the molecule is COc1cccc(CN(Cc2nnnn2C2CCCCC2)C[C@H]2CCCO2)c1. The third-order valence-corrected chi connectivity index (χ3v) is 5.87. The molecule has 0 amide bonds. The molecular weight excluding hydrogens is 354 g/mol. The summed E-state index contributed by atoms with van der Waals surface area (Å²) in [6, 6.07) is 8.73. The standard InChI is InChI=1S/C21H31N5O2/c1-27-19-10-5-7-17(13-19)14-25(15-20-11-6-12-28-20)16-21-22-23-24-26(21)18-8-3-2-4-9-18/h5,7,10,13,18,20H,2-4,6,8-9,11-12,14-16H2,1H3/t20-/m1/s1. The molecule has 1 aromatic carbocycles. The van der Waals surface area contributed by atoms with Crippen LogP contribution in [0.4, 0.5) is 0 Å². The van der Waals surface area contributed by atoms with E-state index in [1.165, 1.54) is 37.7 Å². The summed E-state index contributed by atoms with van der Waals surface area (Å²) in [6.07, 6.45) is 8.80. The third kappa shape index (κ3) is 4.89. The van der Waals surface area contributed by atoms with Crippen molar-refractivity contribution in [3.8, 4) is 5.75 Å². The first-order valence-electron chi connectivity index (χ1n) is 10.6. The quantitative estimate of drug-likeness (QED) is 0.694. The number of methoxy groups -OCH3 is 1. The number of aromatic nitrogens is 4. The average Bonchev–Trinajstić information content (AvgIpc) is 3.41. The maximum atomic E-state index is 5.91. The van der Waals surface area contributed by atoms with E-state index < -0.39 is 0 Å². The fraction of sp³-hybridized carbons (Fsp3) is 0.667. The zero-order valence-corrected chi connectivity index (χ0v) is 16.8. The number of ether oxygens (including phenoxy) is 2. The molecule has 2 heterocycles. The molecule has 7 heteroatoms. The summed E-state index contributed by atoms with van der Waals surface area (Å²) in [7, 11) is 1.71. The molecule has 1 atom stereocenters. The maximum Gasteiger partial charge on any atom is 0.165 e. The van der Waals surface area contributed by atoms with E-state index in [2.05, 4.69) is 37.2 Å². The van der Waals surface area contributed by atoms with E-state index in [4.69, 9.17) is 9.47 Å². The topological polar surface area (TPSA) is 65.3 Å². The number of benzene rings is 1. The molecule has 2 aromatic rings. The van der Waals surface area contributed by atoms with Crippen LogP contribution in [0.1, 0.15) is 62.4 Å².